The fraction of sp³-hybridized carbons (Fsp3) is 0.500. The topological polar surface area (TPSA) is 51.3 Å². The Labute approximate surface area is 91.4 Å². The van der Waals surface area contributed by atoms with Gasteiger partial charge in [-0.05, 0) is 31.9 Å². The first kappa shape index (κ1) is 11.7. The van der Waals surface area contributed by atoms with Gasteiger partial charge in [-0.25, -0.2) is 0 Å². The van der Waals surface area contributed by atoms with Gasteiger partial charge in [0.05, 0.1) is 5.54 Å². The summed E-state index contributed by atoms with van der Waals surface area (Å²) in [4.78, 5) is 8.49. The van der Waals surface area contributed by atoms with E-state index < -0.39 is 0 Å². The average molecular weight is 205 g/mol. The fourth-order valence-electron chi connectivity index (χ4n) is 1.03. The molecule has 3 nitrogen and oxygen atoms in total. The highest BCUT2D eigenvalue weighted by molar-refractivity contribution is 5.97. The number of nitrogens with two attached hydrogens (primary N) is 1. The summed E-state index contributed by atoms with van der Waals surface area (Å²) in [7, 11) is 0. The average Bonchev–Trinajstić information content (AvgIpc) is 2.18. The second-order valence-corrected chi connectivity index (χ2v) is 4.54. The van der Waals surface area contributed by atoms with E-state index in [2.05, 4.69) is 37.7 Å². The van der Waals surface area contributed by atoms with Crippen LogP contribution in [0.5, 0.6) is 0 Å². The van der Waals surface area contributed by atoms with Crippen molar-refractivity contribution < 1.29 is 0 Å². The highest BCUT2D eigenvalue weighted by atomic mass is 14.9. The summed E-state index contributed by atoms with van der Waals surface area (Å²) in [6.07, 6.45) is 3.44. The van der Waals surface area contributed by atoms with Crippen molar-refractivity contribution >= 4 is 5.84 Å². The zero-order valence-corrected chi connectivity index (χ0v) is 9.86. The molecule has 0 aliphatic carbocycles. The van der Waals surface area contributed by atoms with E-state index in [9.17, 15) is 0 Å². The van der Waals surface area contributed by atoms with Gasteiger partial charge in [0.15, 0.2) is 0 Å². The Bertz CT molecular complexity index is 339. The number of aliphatic imine (C=N–C) groups is 1. The number of hydrogen-bond donors (Lipinski definition) is 1. The minimum absolute atomic E-state index is 0.132. The predicted octanol–water partition coefficient (Wildman–Crippen LogP) is 2.22. The van der Waals surface area contributed by atoms with Gasteiger partial charge < -0.3 is 5.73 Å². The van der Waals surface area contributed by atoms with Gasteiger partial charge in [0.25, 0.3) is 0 Å². The van der Waals surface area contributed by atoms with E-state index in [0.29, 0.717) is 11.8 Å². The Morgan fingerprint density at radius 3 is 2.33 bits per heavy atom. The third kappa shape index (κ3) is 3.05. The van der Waals surface area contributed by atoms with Gasteiger partial charge in [0, 0.05) is 18.0 Å². The molecule has 1 aromatic heterocycles. The Morgan fingerprint density at radius 1 is 1.33 bits per heavy atom. The minimum Gasteiger partial charge on any atom is -0.383 e. The highest BCUT2D eigenvalue weighted by Crippen LogP contribution is 2.20. The molecule has 2 N–H and O–H groups in total. The smallest absolute Gasteiger partial charge is 0.126 e. The van der Waals surface area contributed by atoms with Crippen LogP contribution in [0.25, 0.3) is 0 Å². The maximum absolute atomic E-state index is 5.94. The maximum Gasteiger partial charge on any atom is 0.126 e. The van der Waals surface area contributed by atoms with E-state index in [4.69, 9.17) is 5.73 Å². The summed E-state index contributed by atoms with van der Waals surface area (Å²) < 4.78 is 0. The van der Waals surface area contributed by atoms with Gasteiger partial charge in [-0.15, -0.1) is 0 Å². The molecule has 0 saturated carbocycles. The maximum atomic E-state index is 5.94. The van der Waals surface area contributed by atoms with Crippen LogP contribution in [-0.4, -0.2) is 16.4 Å². The van der Waals surface area contributed by atoms with Crippen molar-refractivity contribution in [2.45, 2.75) is 33.2 Å². The molecule has 1 heterocycles. The largest absolute Gasteiger partial charge is 0.383 e. The number of hydrogen-bond acceptors (Lipinski definition) is 2. The second-order valence-electron chi connectivity index (χ2n) is 4.54. The Morgan fingerprint density at radius 2 is 1.87 bits per heavy atom. The van der Waals surface area contributed by atoms with Gasteiger partial charge in [0.1, 0.15) is 5.84 Å². The molecule has 0 saturated heterocycles. The van der Waals surface area contributed by atoms with Crippen molar-refractivity contribution in [2.75, 3.05) is 0 Å². The lowest BCUT2D eigenvalue weighted by atomic mass is 9.91. The number of nitrogens with zero attached hydrogens (tertiary/aromatic N) is 2. The van der Waals surface area contributed by atoms with E-state index >= 15 is 0 Å². The summed E-state index contributed by atoms with van der Waals surface area (Å²) in [6.45, 7) is 8.46. The van der Waals surface area contributed by atoms with Crippen LogP contribution in [0.3, 0.4) is 0 Å². The number of pyridine rings is 1. The molecule has 0 atom stereocenters. The molecular formula is C12H19N3. The molecule has 82 valence electrons. The van der Waals surface area contributed by atoms with Crippen molar-refractivity contribution in [3.8, 4) is 0 Å². The van der Waals surface area contributed by atoms with E-state index in [1.807, 2.05) is 12.1 Å². The SMILES string of the molecule is CC(C)C(C)(C)/N=C(\N)c1ccncc1. The molecule has 0 aromatic carbocycles. The Balaban J connectivity index is 2.95. The highest BCUT2D eigenvalue weighted by Gasteiger charge is 2.21. The van der Waals surface area contributed by atoms with E-state index in [0.717, 1.165) is 5.56 Å². The van der Waals surface area contributed by atoms with Gasteiger partial charge >= 0.3 is 0 Å². The molecule has 1 rings (SSSR count). The quantitative estimate of drug-likeness (QED) is 0.607. The number of aromatic nitrogens is 1. The second kappa shape index (κ2) is 4.43. The zero-order chi connectivity index (χ0) is 11.5. The van der Waals surface area contributed by atoms with Gasteiger partial charge in [-0.3, -0.25) is 9.98 Å². The monoisotopic (exact) mass is 205 g/mol. The summed E-state index contributed by atoms with van der Waals surface area (Å²) in [5.41, 5.74) is 6.74. The van der Waals surface area contributed by atoms with Crippen LogP contribution in [0.2, 0.25) is 0 Å². The first-order valence-electron chi connectivity index (χ1n) is 5.19. The standard InChI is InChI=1S/C12H19N3/c1-9(2)12(3,4)15-11(13)10-5-7-14-8-6-10/h5-9H,1-4H3,(H2,13,15). The van der Waals surface area contributed by atoms with Crippen LogP contribution in [0.15, 0.2) is 29.5 Å². The molecule has 1 aromatic rings. The predicted molar refractivity (Wildman–Crippen MR) is 63.9 cm³/mol. The van der Waals surface area contributed by atoms with Crippen molar-refractivity contribution in [3.05, 3.63) is 30.1 Å². The molecule has 0 amide bonds. The van der Waals surface area contributed by atoms with E-state index in [1.54, 1.807) is 12.4 Å². The van der Waals surface area contributed by atoms with E-state index in [1.165, 1.54) is 0 Å². The summed E-state index contributed by atoms with van der Waals surface area (Å²) in [6, 6.07) is 3.74. The molecule has 3 heteroatoms. The fourth-order valence-corrected chi connectivity index (χ4v) is 1.03. The summed E-state index contributed by atoms with van der Waals surface area (Å²) >= 11 is 0. The lowest BCUT2D eigenvalue weighted by molar-refractivity contribution is 0.376. The first-order valence-corrected chi connectivity index (χ1v) is 5.19. The molecule has 0 bridgehead atoms. The Hall–Kier alpha value is -1.38. The third-order valence-electron chi connectivity index (χ3n) is 2.80. The van der Waals surface area contributed by atoms with Gasteiger partial charge in [0.2, 0.25) is 0 Å². The number of rotatable bonds is 3. The molecule has 0 fully saturated rings. The lowest BCUT2D eigenvalue weighted by Gasteiger charge is -2.25. The van der Waals surface area contributed by atoms with Crippen LogP contribution < -0.4 is 5.73 Å². The van der Waals surface area contributed by atoms with Crippen molar-refractivity contribution in [1.29, 1.82) is 0 Å². The van der Waals surface area contributed by atoms with Crippen LogP contribution in [0, 0.1) is 5.92 Å². The van der Waals surface area contributed by atoms with Crippen LogP contribution in [-0.2, 0) is 0 Å². The van der Waals surface area contributed by atoms with Crippen LogP contribution >= 0.6 is 0 Å². The molecule has 0 unspecified atom stereocenters. The van der Waals surface area contributed by atoms with Crippen LogP contribution in [0.4, 0.5) is 0 Å². The summed E-state index contributed by atoms with van der Waals surface area (Å²) in [5.74, 6) is 1.04. The molecular weight excluding hydrogens is 186 g/mol. The Kier molecular flexibility index (Phi) is 3.45. The molecule has 0 aliphatic rings. The molecule has 0 aliphatic heterocycles. The zero-order valence-electron chi connectivity index (χ0n) is 9.86. The van der Waals surface area contributed by atoms with Crippen molar-refractivity contribution in [1.82, 2.24) is 4.98 Å². The minimum atomic E-state index is -0.132. The first-order chi connectivity index (χ1) is 6.93. The number of amidine groups is 1. The molecule has 0 radical (unpaired) electrons. The van der Waals surface area contributed by atoms with E-state index in [-0.39, 0.29) is 5.54 Å². The molecule has 0 spiro atoms. The normalized spacial score (nSPS) is 13.3. The molecule has 15 heavy (non-hydrogen) atoms. The lowest BCUT2D eigenvalue weighted by Crippen LogP contribution is -2.29. The van der Waals surface area contributed by atoms with Gasteiger partial charge in [-0.1, -0.05) is 13.8 Å². The van der Waals surface area contributed by atoms with Crippen molar-refractivity contribution in [3.63, 3.8) is 0 Å². The third-order valence-corrected chi connectivity index (χ3v) is 2.80. The van der Waals surface area contributed by atoms with Crippen molar-refractivity contribution in [2.24, 2.45) is 16.6 Å². The van der Waals surface area contributed by atoms with Gasteiger partial charge in [-0.2, -0.15) is 0 Å². The van der Waals surface area contributed by atoms with Crippen LogP contribution in [0.1, 0.15) is 33.3 Å². The summed E-state index contributed by atoms with van der Waals surface area (Å²) in [5, 5.41) is 0.